The van der Waals surface area contributed by atoms with E-state index in [4.69, 9.17) is 0 Å². The van der Waals surface area contributed by atoms with Crippen LogP contribution in [-0.4, -0.2) is 32.0 Å². The number of hydrogen-bond donors (Lipinski definition) is 2. The third kappa shape index (κ3) is 3.23. The number of benzene rings is 1. The van der Waals surface area contributed by atoms with Gasteiger partial charge in [-0.15, -0.1) is 5.10 Å². The average molecular weight is 314 g/mol. The van der Waals surface area contributed by atoms with Crippen molar-refractivity contribution in [2.75, 3.05) is 5.32 Å². The Kier molecular flexibility index (Phi) is 4.10. The van der Waals surface area contributed by atoms with Gasteiger partial charge in [-0.05, 0) is 31.4 Å². The van der Waals surface area contributed by atoms with Crippen LogP contribution in [0, 0.1) is 5.92 Å². The van der Waals surface area contributed by atoms with Gasteiger partial charge in [0.05, 0.1) is 11.9 Å². The SMILES string of the molecule is CCC(C(=O)O)n1nncc1-c1ccc(NC(=O)C2CC2)cc1. The second-order valence-corrected chi connectivity index (χ2v) is 5.67. The lowest BCUT2D eigenvalue weighted by Gasteiger charge is -2.13. The van der Waals surface area contributed by atoms with Crippen LogP contribution in [0.25, 0.3) is 11.3 Å². The molecule has 1 aromatic heterocycles. The fraction of sp³-hybridized carbons (Fsp3) is 0.375. The zero-order valence-corrected chi connectivity index (χ0v) is 12.8. The quantitative estimate of drug-likeness (QED) is 0.853. The van der Waals surface area contributed by atoms with Crippen molar-refractivity contribution in [1.82, 2.24) is 15.0 Å². The summed E-state index contributed by atoms with van der Waals surface area (Å²) in [4.78, 5) is 23.1. The third-order valence-electron chi connectivity index (χ3n) is 3.94. The minimum absolute atomic E-state index is 0.0568. The van der Waals surface area contributed by atoms with Gasteiger partial charge in [-0.25, -0.2) is 9.48 Å². The predicted molar refractivity (Wildman–Crippen MR) is 83.8 cm³/mol. The van der Waals surface area contributed by atoms with E-state index in [0.29, 0.717) is 12.1 Å². The lowest BCUT2D eigenvalue weighted by Crippen LogP contribution is -2.20. The number of amides is 1. The van der Waals surface area contributed by atoms with Crippen LogP contribution in [0.5, 0.6) is 0 Å². The molecule has 2 N–H and O–H groups in total. The molecule has 1 aromatic carbocycles. The number of carbonyl (C=O) groups is 2. The summed E-state index contributed by atoms with van der Waals surface area (Å²) in [7, 11) is 0. The van der Waals surface area contributed by atoms with Crippen molar-refractivity contribution in [3.05, 3.63) is 30.5 Å². The highest BCUT2D eigenvalue weighted by Crippen LogP contribution is 2.30. The second kappa shape index (κ2) is 6.20. The Labute approximate surface area is 133 Å². The molecule has 3 rings (SSSR count). The maximum atomic E-state index is 11.7. The minimum atomic E-state index is -0.937. The number of aromatic nitrogens is 3. The molecule has 120 valence electrons. The molecule has 0 aliphatic heterocycles. The molecule has 2 aromatic rings. The van der Waals surface area contributed by atoms with Crippen LogP contribution in [0.4, 0.5) is 5.69 Å². The maximum Gasteiger partial charge on any atom is 0.328 e. The van der Waals surface area contributed by atoms with Crippen molar-refractivity contribution < 1.29 is 14.7 Å². The molecule has 1 fully saturated rings. The topological polar surface area (TPSA) is 97.1 Å². The number of aliphatic carboxylic acids is 1. The van der Waals surface area contributed by atoms with Crippen LogP contribution in [0.2, 0.25) is 0 Å². The first-order chi connectivity index (χ1) is 11.1. The van der Waals surface area contributed by atoms with Gasteiger partial charge in [0.15, 0.2) is 6.04 Å². The first-order valence-corrected chi connectivity index (χ1v) is 7.64. The van der Waals surface area contributed by atoms with E-state index in [2.05, 4.69) is 15.6 Å². The molecule has 1 aliphatic rings. The number of hydrogen-bond acceptors (Lipinski definition) is 4. The molecule has 0 saturated heterocycles. The number of rotatable bonds is 6. The number of anilines is 1. The van der Waals surface area contributed by atoms with E-state index >= 15 is 0 Å². The summed E-state index contributed by atoms with van der Waals surface area (Å²) in [5, 5.41) is 19.9. The van der Waals surface area contributed by atoms with Gasteiger partial charge in [-0.3, -0.25) is 4.79 Å². The highest BCUT2D eigenvalue weighted by Gasteiger charge is 2.29. The summed E-state index contributed by atoms with van der Waals surface area (Å²) in [5.74, 6) is -0.727. The molecule has 1 aliphatic carbocycles. The van der Waals surface area contributed by atoms with Crippen molar-refractivity contribution in [3.8, 4) is 11.3 Å². The highest BCUT2D eigenvalue weighted by molar-refractivity contribution is 5.94. The third-order valence-corrected chi connectivity index (χ3v) is 3.94. The van der Waals surface area contributed by atoms with Crippen molar-refractivity contribution >= 4 is 17.6 Å². The van der Waals surface area contributed by atoms with E-state index in [1.54, 1.807) is 25.3 Å². The molecular formula is C16H18N4O3. The zero-order valence-electron chi connectivity index (χ0n) is 12.8. The first-order valence-electron chi connectivity index (χ1n) is 7.64. The molecule has 7 heteroatoms. The molecule has 1 saturated carbocycles. The molecule has 1 amide bonds. The predicted octanol–water partition coefficient (Wildman–Crippen LogP) is 2.33. The summed E-state index contributed by atoms with van der Waals surface area (Å²) in [6, 6.07) is 6.50. The maximum absolute atomic E-state index is 11.7. The Balaban J connectivity index is 1.81. The Morgan fingerprint density at radius 2 is 2.04 bits per heavy atom. The number of carboxylic acid groups (broad SMARTS) is 1. The smallest absolute Gasteiger partial charge is 0.328 e. The van der Waals surface area contributed by atoms with Gasteiger partial charge in [0.2, 0.25) is 5.91 Å². The van der Waals surface area contributed by atoms with Gasteiger partial charge in [0.25, 0.3) is 0 Å². The molecule has 0 radical (unpaired) electrons. The van der Waals surface area contributed by atoms with Gasteiger partial charge in [0, 0.05) is 17.2 Å². The van der Waals surface area contributed by atoms with Crippen molar-refractivity contribution in [2.45, 2.75) is 32.2 Å². The van der Waals surface area contributed by atoms with Crippen LogP contribution >= 0.6 is 0 Å². The van der Waals surface area contributed by atoms with Crippen molar-refractivity contribution in [3.63, 3.8) is 0 Å². The summed E-state index contributed by atoms with van der Waals surface area (Å²) in [5.41, 5.74) is 2.17. The van der Waals surface area contributed by atoms with E-state index in [9.17, 15) is 14.7 Å². The summed E-state index contributed by atoms with van der Waals surface area (Å²) >= 11 is 0. The normalized spacial score (nSPS) is 15.2. The first kappa shape index (κ1) is 15.2. The molecule has 0 spiro atoms. The number of carboxylic acids is 1. The number of nitrogens with zero attached hydrogens (tertiary/aromatic N) is 3. The van der Waals surface area contributed by atoms with Crippen LogP contribution in [0.15, 0.2) is 30.5 Å². The van der Waals surface area contributed by atoms with Crippen molar-refractivity contribution in [2.24, 2.45) is 5.92 Å². The lowest BCUT2D eigenvalue weighted by molar-refractivity contribution is -0.141. The largest absolute Gasteiger partial charge is 0.480 e. The molecule has 0 bridgehead atoms. The summed E-state index contributed by atoms with van der Waals surface area (Å²) < 4.78 is 1.42. The van der Waals surface area contributed by atoms with E-state index < -0.39 is 12.0 Å². The number of carbonyl (C=O) groups excluding carboxylic acids is 1. The fourth-order valence-electron chi connectivity index (χ4n) is 2.45. The van der Waals surface area contributed by atoms with E-state index in [0.717, 1.165) is 24.1 Å². The number of nitrogens with one attached hydrogen (secondary N) is 1. The van der Waals surface area contributed by atoms with Crippen LogP contribution in [-0.2, 0) is 9.59 Å². The molecular weight excluding hydrogens is 296 g/mol. The van der Waals surface area contributed by atoms with Crippen LogP contribution in [0.3, 0.4) is 0 Å². The summed E-state index contributed by atoms with van der Waals surface area (Å²) in [6.45, 7) is 1.79. The Bertz CT molecular complexity index is 719. The van der Waals surface area contributed by atoms with Gasteiger partial charge in [0.1, 0.15) is 0 Å². The molecule has 1 heterocycles. The minimum Gasteiger partial charge on any atom is -0.480 e. The summed E-state index contributed by atoms with van der Waals surface area (Å²) in [6.07, 6.45) is 3.88. The molecule has 23 heavy (non-hydrogen) atoms. The average Bonchev–Trinajstić information content (AvgIpc) is 3.28. The van der Waals surface area contributed by atoms with E-state index in [1.165, 1.54) is 4.68 Å². The fourth-order valence-corrected chi connectivity index (χ4v) is 2.45. The van der Waals surface area contributed by atoms with Crippen LogP contribution in [0.1, 0.15) is 32.2 Å². The monoisotopic (exact) mass is 314 g/mol. The standard InChI is InChI=1S/C16H18N4O3/c1-2-13(16(22)23)20-14(9-17-19-20)10-5-7-12(8-6-10)18-15(21)11-3-4-11/h5-9,11,13H,2-4H2,1H3,(H,18,21)(H,22,23). The van der Waals surface area contributed by atoms with E-state index in [1.807, 2.05) is 12.1 Å². The molecule has 1 atom stereocenters. The Morgan fingerprint density at radius 3 is 2.61 bits per heavy atom. The van der Waals surface area contributed by atoms with Gasteiger partial charge < -0.3 is 10.4 Å². The lowest BCUT2D eigenvalue weighted by atomic mass is 10.1. The van der Waals surface area contributed by atoms with Crippen molar-refractivity contribution in [1.29, 1.82) is 0 Å². The van der Waals surface area contributed by atoms with Gasteiger partial charge in [-0.2, -0.15) is 0 Å². The molecule has 7 nitrogen and oxygen atoms in total. The van der Waals surface area contributed by atoms with Gasteiger partial charge >= 0.3 is 5.97 Å². The zero-order chi connectivity index (χ0) is 16.4. The Morgan fingerprint density at radius 1 is 1.35 bits per heavy atom. The Hall–Kier alpha value is -2.70. The van der Waals surface area contributed by atoms with Crippen LogP contribution < -0.4 is 5.32 Å². The second-order valence-electron chi connectivity index (χ2n) is 5.67. The molecule has 1 unspecified atom stereocenters. The van der Waals surface area contributed by atoms with E-state index in [-0.39, 0.29) is 11.8 Å². The van der Waals surface area contributed by atoms with Gasteiger partial charge in [-0.1, -0.05) is 24.3 Å². The highest BCUT2D eigenvalue weighted by atomic mass is 16.4.